The van der Waals surface area contributed by atoms with Crippen LogP contribution in [0, 0.1) is 6.92 Å². The van der Waals surface area contributed by atoms with Crippen molar-refractivity contribution in [3.63, 3.8) is 0 Å². The summed E-state index contributed by atoms with van der Waals surface area (Å²) in [7, 11) is 1.88. The number of nitrogens with zero attached hydrogens (tertiary/aromatic N) is 3. The SMILES string of the molecule is C=C/C=C(\C=C/C)n1nc(C)c2c(-c3ccc(NC)cc3)cc(C(=O)OCC)nc21. The van der Waals surface area contributed by atoms with E-state index in [1.54, 1.807) is 23.7 Å². The molecular weight excluding hydrogens is 376 g/mol. The molecule has 6 nitrogen and oxygen atoms in total. The summed E-state index contributed by atoms with van der Waals surface area (Å²) >= 11 is 0. The Morgan fingerprint density at radius 1 is 1.30 bits per heavy atom. The Morgan fingerprint density at radius 2 is 2.03 bits per heavy atom. The lowest BCUT2D eigenvalue weighted by atomic mass is 10.0. The van der Waals surface area contributed by atoms with Crippen LogP contribution in [0.25, 0.3) is 27.9 Å². The first-order valence-corrected chi connectivity index (χ1v) is 9.85. The van der Waals surface area contributed by atoms with E-state index in [0.717, 1.165) is 33.6 Å². The molecule has 0 saturated heterocycles. The van der Waals surface area contributed by atoms with Crippen LogP contribution in [-0.2, 0) is 4.74 Å². The fourth-order valence-corrected chi connectivity index (χ4v) is 3.31. The van der Waals surface area contributed by atoms with Gasteiger partial charge < -0.3 is 10.1 Å². The molecule has 3 aromatic rings. The molecule has 2 heterocycles. The molecule has 0 spiro atoms. The number of hydrogen-bond donors (Lipinski definition) is 1. The zero-order valence-corrected chi connectivity index (χ0v) is 17.8. The zero-order valence-electron chi connectivity index (χ0n) is 17.8. The van der Waals surface area contributed by atoms with Crippen LogP contribution in [-0.4, -0.2) is 34.4 Å². The first-order valence-electron chi connectivity index (χ1n) is 9.85. The molecule has 30 heavy (non-hydrogen) atoms. The van der Waals surface area contributed by atoms with Gasteiger partial charge in [0, 0.05) is 12.7 Å². The fourth-order valence-electron chi connectivity index (χ4n) is 3.31. The normalized spacial score (nSPS) is 11.8. The molecular formula is C24H26N4O2. The van der Waals surface area contributed by atoms with Gasteiger partial charge in [0.15, 0.2) is 11.3 Å². The van der Waals surface area contributed by atoms with Gasteiger partial charge >= 0.3 is 5.97 Å². The number of fused-ring (bicyclic) bond motifs is 1. The number of allylic oxidation sites excluding steroid dienone is 5. The molecule has 0 aliphatic heterocycles. The van der Waals surface area contributed by atoms with E-state index >= 15 is 0 Å². The second-order valence-corrected chi connectivity index (χ2v) is 6.63. The average molecular weight is 402 g/mol. The third-order valence-corrected chi connectivity index (χ3v) is 4.65. The fraction of sp³-hybridized carbons (Fsp3) is 0.208. The summed E-state index contributed by atoms with van der Waals surface area (Å²) in [6, 6.07) is 9.79. The summed E-state index contributed by atoms with van der Waals surface area (Å²) in [6.45, 7) is 9.73. The lowest BCUT2D eigenvalue weighted by molar-refractivity contribution is 0.0520. The molecule has 0 fully saturated rings. The van der Waals surface area contributed by atoms with E-state index in [1.807, 2.05) is 63.4 Å². The maximum atomic E-state index is 12.5. The summed E-state index contributed by atoms with van der Waals surface area (Å²) in [5, 5.41) is 8.72. The van der Waals surface area contributed by atoms with Crippen molar-refractivity contribution in [2.24, 2.45) is 0 Å². The van der Waals surface area contributed by atoms with E-state index in [4.69, 9.17) is 9.84 Å². The van der Waals surface area contributed by atoms with Crippen molar-refractivity contribution < 1.29 is 9.53 Å². The van der Waals surface area contributed by atoms with Crippen molar-refractivity contribution in [3.8, 4) is 11.1 Å². The molecule has 0 unspecified atom stereocenters. The van der Waals surface area contributed by atoms with Gasteiger partial charge in [-0.1, -0.05) is 30.9 Å². The van der Waals surface area contributed by atoms with Crippen LogP contribution in [0.2, 0.25) is 0 Å². The molecule has 1 N–H and O–H groups in total. The number of ether oxygens (including phenoxy) is 1. The molecule has 0 radical (unpaired) electrons. The molecule has 0 aliphatic rings. The van der Waals surface area contributed by atoms with Crippen LogP contribution >= 0.6 is 0 Å². The standard InChI is InChI=1S/C24H26N4O2/c1-6-9-19(10-7-2)28-23-22(16(4)27-28)20(15-21(26-23)24(29)30-8-3)17-11-13-18(25-5)14-12-17/h6-7,9-15,25H,1,8H2,2-5H3/b10-7-,19-9+. The largest absolute Gasteiger partial charge is 0.461 e. The Labute approximate surface area is 176 Å². The maximum Gasteiger partial charge on any atom is 0.357 e. The number of rotatable bonds is 7. The van der Waals surface area contributed by atoms with E-state index in [0.29, 0.717) is 5.65 Å². The summed E-state index contributed by atoms with van der Waals surface area (Å²) in [4.78, 5) is 17.2. The molecule has 0 atom stereocenters. The molecule has 6 heteroatoms. The van der Waals surface area contributed by atoms with Gasteiger partial charge in [-0.25, -0.2) is 14.5 Å². The van der Waals surface area contributed by atoms with Crippen molar-refractivity contribution in [2.75, 3.05) is 19.0 Å². The summed E-state index contributed by atoms with van der Waals surface area (Å²) in [5.74, 6) is -0.460. The van der Waals surface area contributed by atoms with Crippen LogP contribution in [0.15, 0.2) is 61.2 Å². The minimum atomic E-state index is -0.460. The van der Waals surface area contributed by atoms with Crippen molar-refractivity contribution >= 4 is 28.4 Å². The number of nitrogens with one attached hydrogen (secondary N) is 1. The van der Waals surface area contributed by atoms with Crippen LogP contribution in [0.1, 0.15) is 30.0 Å². The highest BCUT2D eigenvalue weighted by molar-refractivity contribution is 6.01. The maximum absolute atomic E-state index is 12.5. The first kappa shape index (κ1) is 21.0. The molecule has 3 rings (SSSR count). The summed E-state index contributed by atoms with van der Waals surface area (Å²) in [5.41, 5.74) is 5.32. The Morgan fingerprint density at radius 3 is 2.63 bits per heavy atom. The lowest BCUT2D eigenvalue weighted by Gasteiger charge is -2.10. The highest BCUT2D eigenvalue weighted by Crippen LogP contribution is 2.33. The van der Waals surface area contributed by atoms with Crippen molar-refractivity contribution in [2.45, 2.75) is 20.8 Å². The predicted molar refractivity (Wildman–Crippen MR) is 122 cm³/mol. The van der Waals surface area contributed by atoms with Crippen LogP contribution in [0.3, 0.4) is 0 Å². The molecule has 0 aliphatic carbocycles. The smallest absolute Gasteiger partial charge is 0.357 e. The van der Waals surface area contributed by atoms with Crippen LogP contribution in [0.5, 0.6) is 0 Å². The van der Waals surface area contributed by atoms with E-state index in [9.17, 15) is 4.79 Å². The van der Waals surface area contributed by atoms with Crippen LogP contribution in [0.4, 0.5) is 5.69 Å². The average Bonchev–Trinajstić information content (AvgIpc) is 3.09. The number of aromatic nitrogens is 3. The third kappa shape index (κ3) is 4.03. The predicted octanol–water partition coefficient (Wildman–Crippen LogP) is 5.23. The molecule has 0 saturated carbocycles. The minimum absolute atomic E-state index is 0.247. The van der Waals surface area contributed by atoms with Crippen molar-refractivity contribution in [3.05, 3.63) is 72.6 Å². The Kier molecular flexibility index (Phi) is 6.47. The summed E-state index contributed by atoms with van der Waals surface area (Å²) < 4.78 is 6.96. The van der Waals surface area contributed by atoms with E-state index in [1.165, 1.54) is 0 Å². The van der Waals surface area contributed by atoms with Crippen molar-refractivity contribution in [1.29, 1.82) is 0 Å². The first-order chi connectivity index (χ1) is 14.5. The monoisotopic (exact) mass is 402 g/mol. The molecule has 0 bridgehead atoms. The third-order valence-electron chi connectivity index (χ3n) is 4.65. The number of anilines is 1. The van der Waals surface area contributed by atoms with Gasteiger partial charge in [-0.05, 0) is 62.2 Å². The minimum Gasteiger partial charge on any atom is -0.461 e. The molecule has 0 amide bonds. The highest BCUT2D eigenvalue weighted by Gasteiger charge is 2.20. The second-order valence-electron chi connectivity index (χ2n) is 6.63. The van der Waals surface area contributed by atoms with Gasteiger partial charge in [-0.15, -0.1) is 0 Å². The number of hydrogen-bond acceptors (Lipinski definition) is 5. The number of esters is 1. The van der Waals surface area contributed by atoms with Gasteiger partial charge in [0.2, 0.25) is 0 Å². The Balaban J connectivity index is 2.35. The highest BCUT2D eigenvalue weighted by atomic mass is 16.5. The summed E-state index contributed by atoms with van der Waals surface area (Å²) in [6.07, 6.45) is 7.40. The molecule has 2 aromatic heterocycles. The van der Waals surface area contributed by atoms with Gasteiger partial charge in [0.05, 0.1) is 23.4 Å². The van der Waals surface area contributed by atoms with E-state index in [2.05, 4.69) is 16.9 Å². The lowest BCUT2D eigenvalue weighted by Crippen LogP contribution is -2.09. The molecule has 1 aromatic carbocycles. The van der Waals surface area contributed by atoms with Crippen molar-refractivity contribution in [1.82, 2.24) is 14.8 Å². The number of pyridine rings is 1. The van der Waals surface area contributed by atoms with Gasteiger partial charge in [0.25, 0.3) is 0 Å². The Bertz CT molecular complexity index is 1140. The molecule has 154 valence electrons. The number of aryl methyl sites for hydroxylation is 1. The number of benzene rings is 1. The zero-order chi connectivity index (χ0) is 21.7. The quantitative estimate of drug-likeness (QED) is 0.433. The van der Waals surface area contributed by atoms with Crippen LogP contribution < -0.4 is 5.32 Å². The van der Waals surface area contributed by atoms with Gasteiger partial charge in [-0.3, -0.25) is 0 Å². The number of carbonyl (C=O) groups excluding carboxylic acids is 1. The van der Waals surface area contributed by atoms with Gasteiger partial charge in [-0.2, -0.15) is 5.10 Å². The van der Waals surface area contributed by atoms with E-state index in [-0.39, 0.29) is 12.3 Å². The van der Waals surface area contributed by atoms with E-state index < -0.39 is 5.97 Å². The Hall–Kier alpha value is -3.67. The van der Waals surface area contributed by atoms with Gasteiger partial charge in [0.1, 0.15) is 0 Å². The second kappa shape index (κ2) is 9.22. The topological polar surface area (TPSA) is 69.0 Å². The number of carbonyl (C=O) groups is 1.